The number of aromatic hydroxyl groups is 1. The van der Waals surface area contributed by atoms with Crippen LogP contribution in [0.5, 0.6) is 11.5 Å². The van der Waals surface area contributed by atoms with E-state index in [0.29, 0.717) is 17.7 Å². The first kappa shape index (κ1) is 20.4. The van der Waals surface area contributed by atoms with E-state index in [1.165, 1.54) is 13.2 Å². The summed E-state index contributed by atoms with van der Waals surface area (Å²) in [6.45, 7) is 0. The molecule has 0 aromatic heterocycles. The predicted molar refractivity (Wildman–Crippen MR) is 107 cm³/mol. The van der Waals surface area contributed by atoms with Crippen LogP contribution in [0.15, 0.2) is 48.5 Å². The Morgan fingerprint density at radius 2 is 1.61 bits per heavy atom. The van der Waals surface area contributed by atoms with Gasteiger partial charge in [-0.2, -0.15) is 0 Å². The first-order valence-corrected chi connectivity index (χ1v) is 8.55. The molecule has 0 heterocycles. The molecule has 0 atom stereocenters. The fourth-order valence-electron chi connectivity index (χ4n) is 3.68. The van der Waals surface area contributed by atoms with Crippen molar-refractivity contribution in [3.8, 4) is 33.8 Å². The van der Waals surface area contributed by atoms with Crippen LogP contribution in [0.25, 0.3) is 22.3 Å². The maximum absolute atomic E-state index is 14.3. The van der Waals surface area contributed by atoms with Gasteiger partial charge in [0.15, 0.2) is 11.5 Å². The molecule has 2 N–H and O–H groups in total. The van der Waals surface area contributed by atoms with Crippen LogP contribution in [-0.4, -0.2) is 52.8 Å². The number of hydrogen-bond donors (Lipinski definition) is 2. The summed E-state index contributed by atoms with van der Waals surface area (Å²) >= 11 is 0. The van der Waals surface area contributed by atoms with E-state index in [9.17, 15) is 19.4 Å². The number of ether oxygens (including phenoxy) is 1. The Bertz CT molecular complexity index is 1080. The van der Waals surface area contributed by atoms with E-state index in [-0.39, 0.29) is 46.4 Å². The van der Waals surface area contributed by atoms with Crippen molar-refractivity contribution in [3.05, 3.63) is 71.0 Å². The summed E-state index contributed by atoms with van der Waals surface area (Å²) in [5, 5.41) is 19.9. The minimum atomic E-state index is -1.12. The van der Waals surface area contributed by atoms with Gasteiger partial charge in [0, 0.05) is 5.56 Å². The van der Waals surface area contributed by atoms with Gasteiger partial charge < -0.3 is 14.9 Å². The van der Waals surface area contributed by atoms with Crippen LogP contribution in [0.2, 0.25) is 0 Å². The van der Waals surface area contributed by atoms with Crippen LogP contribution in [0.1, 0.15) is 21.5 Å². The molecule has 1 aliphatic carbocycles. The standard InChI is InChI=1S/C22H17FO4.Na.H/c1-27-21-9-13-7-6-12-8-17(14-4-2-3-5-19(14)23)18(22(25)26)10-15(12)16(13)11-20(21)24;;/h2-5,8-11,24H,6-7H2,1H3,(H,25,26);;. The fraction of sp³-hybridized carbons (Fsp3) is 0.136. The molecule has 0 unspecified atom stereocenters. The Hall–Kier alpha value is -2.34. The maximum atomic E-state index is 14.3. The number of rotatable bonds is 3. The minimum absolute atomic E-state index is 0. The van der Waals surface area contributed by atoms with Gasteiger partial charge in [-0.05, 0) is 71.0 Å². The number of methoxy groups -OCH3 is 1. The Morgan fingerprint density at radius 1 is 0.964 bits per heavy atom. The van der Waals surface area contributed by atoms with Gasteiger partial charge in [-0.3, -0.25) is 0 Å². The molecular formula is C22H18FNaO4. The predicted octanol–water partition coefficient (Wildman–Crippen LogP) is 4.02. The van der Waals surface area contributed by atoms with E-state index in [1.807, 2.05) is 0 Å². The second-order valence-corrected chi connectivity index (χ2v) is 6.52. The van der Waals surface area contributed by atoms with Gasteiger partial charge in [-0.25, -0.2) is 9.18 Å². The summed E-state index contributed by atoms with van der Waals surface area (Å²) in [7, 11) is 1.49. The van der Waals surface area contributed by atoms with Crippen molar-refractivity contribution < 1.29 is 24.1 Å². The monoisotopic (exact) mass is 388 g/mol. The number of phenolic OH excluding ortho intramolecular Hbond substituents is 1. The molecule has 3 aromatic rings. The van der Waals surface area contributed by atoms with Crippen LogP contribution >= 0.6 is 0 Å². The first-order chi connectivity index (χ1) is 13.0. The van der Waals surface area contributed by atoms with Crippen molar-refractivity contribution in [2.75, 3.05) is 7.11 Å². The third kappa shape index (κ3) is 3.41. The van der Waals surface area contributed by atoms with E-state index in [4.69, 9.17) is 4.74 Å². The summed E-state index contributed by atoms with van der Waals surface area (Å²) in [4.78, 5) is 11.9. The molecule has 0 bridgehead atoms. The molecule has 0 spiro atoms. The molecule has 1 aliphatic rings. The van der Waals surface area contributed by atoms with E-state index in [1.54, 1.807) is 42.5 Å². The van der Waals surface area contributed by atoms with Gasteiger partial charge in [0.1, 0.15) is 5.82 Å². The zero-order chi connectivity index (χ0) is 19.1. The van der Waals surface area contributed by atoms with Gasteiger partial charge >= 0.3 is 35.5 Å². The van der Waals surface area contributed by atoms with Crippen molar-refractivity contribution in [1.82, 2.24) is 0 Å². The summed E-state index contributed by atoms with van der Waals surface area (Å²) < 4.78 is 19.5. The molecule has 4 rings (SSSR count). The van der Waals surface area contributed by atoms with Crippen molar-refractivity contribution >= 4 is 35.5 Å². The number of carbonyl (C=O) groups is 1. The summed E-state index contributed by atoms with van der Waals surface area (Å²) in [6.07, 6.45) is 1.42. The quantitative estimate of drug-likeness (QED) is 0.665. The second-order valence-electron chi connectivity index (χ2n) is 6.52. The number of fused-ring (bicyclic) bond motifs is 3. The van der Waals surface area contributed by atoms with Crippen molar-refractivity contribution in [2.45, 2.75) is 12.8 Å². The Morgan fingerprint density at radius 3 is 2.25 bits per heavy atom. The summed E-state index contributed by atoms with van der Waals surface area (Å²) in [5.74, 6) is -1.20. The van der Waals surface area contributed by atoms with Gasteiger partial charge in [0.25, 0.3) is 0 Å². The van der Waals surface area contributed by atoms with E-state index in [0.717, 1.165) is 28.7 Å². The SMILES string of the molecule is COc1cc2c(cc1O)-c1cc(C(=O)O)c(-c3ccccc3F)cc1CC2.[NaH]. The molecule has 4 nitrogen and oxygen atoms in total. The average Bonchev–Trinajstić information content (AvgIpc) is 2.66. The van der Waals surface area contributed by atoms with Crippen molar-refractivity contribution in [2.24, 2.45) is 0 Å². The molecule has 3 aromatic carbocycles. The van der Waals surface area contributed by atoms with Crippen LogP contribution in [0.4, 0.5) is 4.39 Å². The average molecular weight is 388 g/mol. The molecule has 0 aliphatic heterocycles. The van der Waals surface area contributed by atoms with Crippen molar-refractivity contribution in [1.29, 1.82) is 0 Å². The number of aromatic carboxylic acids is 1. The third-order valence-corrected chi connectivity index (χ3v) is 5.00. The normalized spacial score (nSPS) is 11.8. The van der Waals surface area contributed by atoms with Crippen LogP contribution in [-0.2, 0) is 12.8 Å². The molecule has 0 radical (unpaired) electrons. The Kier molecular flexibility index (Phi) is 5.79. The molecule has 28 heavy (non-hydrogen) atoms. The fourth-order valence-corrected chi connectivity index (χ4v) is 3.68. The second kappa shape index (κ2) is 7.95. The van der Waals surface area contributed by atoms with Gasteiger partial charge in [0.2, 0.25) is 0 Å². The number of phenols is 1. The number of carboxylic acids is 1. The molecule has 0 fully saturated rings. The van der Waals surface area contributed by atoms with Gasteiger partial charge in [0.05, 0.1) is 12.7 Å². The number of benzene rings is 3. The molecule has 6 heteroatoms. The molecule has 0 saturated carbocycles. The topological polar surface area (TPSA) is 66.8 Å². The summed E-state index contributed by atoms with van der Waals surface area (Å²) in [5.41, 5.74) is 4.08. The summed E-state index contributed by atoms with van der Waals surface area (Å²) in [6, 6.07) is 12.9. The van der Waals surface area contributed by atoms with Crippen LogP contribution < -0.4 is 4.74 Å². The van der Waals surface area contributed by atoms with E-state index < -0.39 is 11.8 Å². The van der Waals surface area contributed by atoms with Crippen LogP contribution in [0, 0.1) is 5.82 Å². The van der Waals surface area contributed by atoms with Crippen molar-refractivity contribution in [3.63, 3.8) is 0 Å². The van der Waals surface area contributed by atoms with E-state index in [2.05, 4.69) is 0 Å². The zero-order valence-electron chi connectivity index (χ0n) is 14.6. The Labute approximate surface area is 183 Å². The zero-order valence-corrected chi connectivity index (χ0v) is 14.6. The number of aryl methyl sites for hydroxylation is 2. The molecule has 0 saturated heterocycles. The van der Waals surface area contributed by atoms with E-state index >= 15 is 0 Å². The Balaban J connectivity index is 0.00000225. The number of hydrogen-bond acceptors (Lipinski definition) is 3. The number of halogens is 1. The van der Waals surface area contributed by atoms with Gasteiger partial charge in [-0.1, -0.05) is 18.2 Å². The van der Waals surface area contributed by atoms with Crippen LogP contribution in [0.3, 0.4) is 0 Å². The number of carboxylic acid groups (broad SMARTS) is 1. The molecular weight excluding hydrogens is 370 g/mol. The third-order valence-electron chi connectivity index (χ3n) is 5.00. The molecule has 138 valence electrons. The van der Waals surface area contributed by atoms with Gasteiger partial charge in [-0.15, -0.1) is 0 Å². The molecule has 0 amide bonds. The first-order valence-electron chi connectivity index (χ1n) is 8.55.